The molecule has 114 valence electrons. The Morgan fingerprint density at radius 2 is 2.27 bits per heavy atom. The van der Waals surface area contributed by atoms with Gasteiger partial charge in [-0.05, 0) is 24.6 Å². The molecule has 0 unspecified atom stereocenters. The van der Waals surface area contributed by atoms with Crippen molar-refractivity contribution in [2.75, 3.05) is 18.6 Å². The van der Waals surface area contributed by atoms with Crippen molar-refractivity contribution in [3.63, 3.8) is 0 Å². The summed E-state index contributed by atoms with van der Waals surface area (Å²) < 4.78 is 10.9. The smallest absolute Gasteiger partial charge is 0.312 e. The lowest BCUT2D eigenvalue weighted by Crippen LogP contribution is -2.39. The molecule has 5 heteroatoms. The number of aryl methyl sites for hydroxylation is 1. The van der Waals surface area contributed by atoms with Crippen molar-refractivity contribution < 1.29 is 19.1 Å². The third kappa shape index (κ3) is 1.63. The molecule has 1 aromatic rings. The summed E-state index contributed by atoms with van der Waals surface area (Å²) in [6, 6.07) is 7.79. The molecule has 0 radical (unpaired) electrons. The first-order chi connectivity index (χ1) is 10.6. The van der Waals surface area contributed by atoms with E-state index >= 15 is 0 Å². The average molecular weight is 299 g/mol. The number of anilines is 1. The van der Waals surface area contributed by atoms with E-state index in [9.17, 15) is 9.59 Å². The van der Waals surface area contributed by atoms with Crippen molar-refractivity contribution >= 4 is 17.6 Å². The van der Waals surface area contributed by atoms with Crippen LogP contribution in [-0.2, 0) is 19.1 Å². The molecule has 1 amide bonds. The summed E-state index contributed by atoms with van der Waals surface area (Å²) in [4.78, 5) is 26.7. The number of esters is 1. The highest BCUT2D eigenvalue weighted by atomic mass is 16.5. The SMILES string of the molecule is COC(=O)[C@@H]1[C@H]2C(=O)N(c3cccc(C)c3)C[C@]23C=C[C@H]1O3. The van der Waals surface area contributed by atoms with Crippen molar-refractivity contribution in [2.45, 2.75) is 18.6 Å². The highest BCUT2D eigenvalue weighted by Gasteiger charge is 2.67. The second-order valence-corrected chi connectivity index (χ2v) is 6.19. The summed E-state index contributed by atoms with van der Waals surface area (Å²) in [5.41, 5.74) is 1.24. The predicted molar refractivity (Wildman–Crippen MR) is 79.3 cm³/mol. The first-order valence-corrected chi connectivity index (χ1v) is 7.39. The highest BCUT2D eigenvalue weighted by Crippen LogP contribution is 2.52. The number of carbonyl (C=O) groups excluding carboxylic acids is 2. The predicted octanol–water partition coefficient (Wildman–Crippen LogP) is 1.45. The summed E-state index contributed by atoms with van der Waals surface area (Å²) in [6.45, 7) is 2.43. The van der Waals surface area contributed by atoms with E-state index < -0.39 is 17.4 Å². The fraction of sp³-hybridized carbons (Fsp3) is 0.412. The van der Waals surface area contributed by atoms with E-state index in [-0.39, 0.29) is 18.0 Å². The second-order valence-electron chi connectivity index (χ2n) is 6.19. The van der Waals surface area contributed by atoms with E-state index in [1.165, 1.54) is 7.11 Å². The zero-order chi connectivity index (χ0) is 15.5. The molecule has 0 aromatic heterocycles. The Labute approximate surface area is 128 Å². The molecule has 1 spiro atoms. The van der Waals surface area contributed by atoms with Gasteiger partial charge in [0.2, 0.25) is 5.91 Å². The minimum Gasteiger partial charge on any atom is -0.469 e. The van der Waals surface area contributed by atoms with Crippen molar-refractivity contribution in [3.05, 3.63) is 42.0 Å². The van der Waals surface area contributed by atoms with Crippen LogP contribution in [0.1, 0.15) is 5.56 Å². The number of methoxy groups -OCH3 is 1. The standard InChI is InChI=1S/C17H17NO4/c1-10-4-3-5-11(8-10)18-9-17-7-6-12(22-17)13(16(20)21-2)14(17)15(18)19/h3-8,12-14H,9H2,1-2H3/t12-,13+,14+,17-/m1/s1. The Balaban J connectivity index is 1.73. The van der Waals surface area contributed by atoms with Crippen LogP contribution in [0.2, 0.25) is 0 Å². The minimum atomic E-state index is -0.690. The number of carbonyl (C=O) groups is 2. The normalized spacial score (nSPS) is 35.1. The largest absolute Gasteiger partial charge is 0.469 e. The van der Waals surface area contributed by atoms with Gasteiger partial charge in [0.15, 0.2) is 0 Å². The Morgan fingerprint density at radius 1 is 1.45 bits per heavy atom. The molecule has 3 heterocycles. The van der Waals surface area contributed by atoms with Gasteiger partial charge in [0.1, 0.15) is 11.5 Å². The first-order valence-electron chi connectivity index (χ1n) is 7.39. The molecule has 4 atom stereocenters. The first kappa shape index (κ1) is 13.5. The van der Waals surface area contributed by atoms with Gasteiger partial charge in [-0.2, -0.15) is 0 Å². The van der Waals surface area contributed by atoms with Gasteiger partial charge in [-0.15, -0.1) is 0 Å². The lowest BCUT2D eigenvalue weighted by atomic mass is 9.77. The van der Waals surface area contributed by atoms with Gasteiger partial charge in [0, 0.05) is 5.69 Å². The van der Waals surface area contributed by atoms with Crippen LogP contribution in [0.5, 0.6) is 0 Å². The maximum atomic E-state index is 12.9. The monoisotopic (exact) mass is 299 g/mol. The Bertz CT molecular complexity index is 698. The molecule has 2 fully saturated rings. The quantitative estimate of drug-likeness (QED) is 0.613. The van der Waals surface area contributed by atoms with Gasteiger partial charge < -0.3 is 14.4 Å². The zero-order valence-electron chi connectivity index (χ0n) is 12.5. The maximum Gasteiger partial charge on any atom is 0.312 e. The Morgan fingerprint density at radius 3 is 3.00 bits per heavy atom. The highest BCUT2D eigenvalue weighted by molar-refractivity contribution is 6.02. The number of hydrogen-bond donors (Lipinski definition) is 0. The van der Waals surface area contributed by atoms with Crippen LogP contribution in [0.3, 0.4) is 0 Å². The Kier molecular flexibility index (Phi) is 2.72. The summed E-state index contributed by atoms with van der Waals surface area (Å²) in [5.74, 6) is -1.47. The summed E-state index contributed by atoms with van der Waals surface area (Å²) in [5, 5.41) is 0. The maximum absolute atomic E-state index is 12.9. The number of rotatable bonds is 2. The van der Waals surface area contributed by atoms with Crippen LogP contribution in [0.25, 0.3) is 0 Å². The van der Waals surface area contributed by atoms with Gasteiger partial charge in [-0.3, -0.25) is 9.59 Å². The van der Waals surface area contributed by atoms with E-state index in [0.717, 1.165) is 11.3 Å². The molecule has 5 nitrogen and oxygen atoms in total. The minimum absolute atomic E-state index is 0.0622. The molecule has 3 aliphatic heterocycles. The molecule has 0 aliphatic carbocycles. The van der Waals surface area contributed by atoms with Crippen molar-refractivity contribution in [3.8, 4) is 0 Å². The van der Waals surface area contributed by atoms with E-state index in [4.69, 9.17) is 9.47 Å². The van der Waals surface area contributed by atoms with Crippen LogP contribution in [0, 0.1) is 18.8 Å². The molecular formula is C17H17NO4. The second kappa shape index (κ2) is 4.43. The van der Waals surface area contributed by atoms with Gasteiger partial charge in [-0.1, -0.05) is 24.3 Å². The molecule has 0 saturated carbocycles. The lowest BCUT2D eigenvalue weighted by molar-refractivity contribution is -0.149. The van der Waals surface area contributed by atoms with Crippen molar-refractivity contribution in [1.29, 1.82) is 0 Å². The molecule has 2 bridgehead atoms. The number of amides is 1. The van der Waals surface area contributed by atoms with Crippen LogP contribution in [0.4, 0.5) is 5.69 Å². The molecule has 4 rings (SSSR count). The molecular weight excluding hydrogens is 282 g/mol. The lowest BCUT2D eigenvalue weighted by Gasteiger charge is -2.22. The zero-order valence-corrected chi connectivity index (χ0v) is 12.5. The summed E-state index contributed by atoms with van der Waals surface area (Å²) in [7, 11) is 1.35. The number of hydrogen-bond acceptors (Lipinski definition) is 4. The van der Waals surface area contributed by atoms with Gasteiger partial charge in [0.05, 0.1) is 25.7 Å². The average Bonchev–Trinajstić information content (AvgIpc) is 3.15. The summed E-state index contributed by atoms with van der Waals surface area (Å²) in [6.07, 6.45) is 3.47. The fourth-order valence-corrected chi connectivity index (χ4v) is 3.92. The van der Waals surface area contributed by atoms with E-state index in [0.29, 0.717) is 6.54 Å². The molecule has 22 heavy (non-hydrogen) atoms. The van der Waals surface area contributed by atoms with Crippen molar-refractivity contribution in [1.82, 2.24) is 0 Å². The molecule has 1 aromatic carbocycles. The van der Waals surface area contributed by atoms with Crippen LogP contribution in [-0.4, -0.2) is 37.2 Å². The third-order valence-corrected chi connectivity index (χ3v) is 4.89. The van der Waals surface area contributed by atoms with Gasteiger partial charge in [-0.25, -0.2) is 0 Å². The van der Waals surface area contributed by atoms with E-state index in [2.05, 4.69) is 0 Å². The summed E-state index contributed by atoms with van der Waals surface area (Å²) >= 11 is 0. The Hall–Kier alpha value is -2.14. The van der Waals surface area contributed by atoms with Gasteiger partial charge in [0.25, 0.3) is 0 Å². The molecule has 3 aliphatic rings. The van der Waals surface area contributed by atoms with Crippen molar-refractivity contribution in [2.24, 2.45) is 11.8 Å². The van der Waals surface area contributed by atoms with Gasteiger partial charge >= 0.3 is 5.97 Å². The number of fused-ring (bicyclic) bond motifs is 1. The topological polar surface area (TPSA) is 55.8 Å². The van der Waals surface area contributed by atoms with E-state index in [1.807, 2.05) is 43.3 Å². The fourth-order valence-electron chi connectivity index (χ4n) is 3.92. The third-order valence-electron chi connectivity index (χ3n) is 4.89. The number of nitrogens with zero attached hydrogens (tertiary/aromatic N) is 1. The number of benzene rings is 1. The molecule has 0 N–H and O–H groups in total. The van der Waals surface area contributed by atoms with E-state index in [1.54, 1.807) is 4.90 Å². The molecule has 2 saturated heterocycles. The number of ether oxygens (including phenoxy) is 2. The van der Waals surface area contributed by atoms with Crippen LogP contribution in [0.15, 0.2) is 36.4 Å². The van der Waals surface area contributed by atoms with Crippen LogP contribution >= 0.6 is 0 Å². The van der Waals surface area contributed by atoms with Crippen LogP contribution < -0.4 is 4.90 Å².